The molecule has 1 aliphatic carbocycles. The number of hydrogen-bond donors (Lipinski definition) is 1. The lowest BCUT2D eigenvalue weighted by atomic mass is 9.80. The summed E-state index contributed by atoms with van der Waals surface area (Å²) < 4.78 is 0. The first-order valence-electron chi connectivity index (χ1n) is 8.77. The maximum Gasteiger partial charge on any atom is 0.237 e. The van der Waals surface area contributed by atoms with Gasteiger partial charge in [0.1, 0.15) is 0 Å². The molecule has 1 amide bonds. The van der Waals surface area contributed by atoms with E-state index in [0.717, 1.165) is 38.9 Å². The number of hydrogen-bond acceptors (Lipinski definition) is 3. The van der Waals surface area contributed by atoms with Crippen LogP contribution in [-0.4, -0.2) is 47.4 Å². The van der Waals surface area contributed by atoms with Crippen LogP contribution in [0.2, 0.25) is 0 Å². The van der Waals surface area contributed by atoms with Gasteiger partial charge in [0.2, 0.25) is 5.91 Å². The van der Waals surface area contributed by atoms with Crippen LogP contribution in [-0.2, 0) is 11.3 Å². The fraction of sp³-hybridized carbons (Fsp3) is 0.632. The number of nitrogens with two attached hydrogens (primary N) is 1. The van der Waals surface area contributed by atoms with Crippen molar-refractivity contribution in [2.24, 2.45) is 11.1 Å². The third-order valence-corrected chi connectivity index (χ3v) is 5.25. The lowest BCUT2D eigenvalue weighted by molar-refractivity contribution is -0.134. The van der Waals surface area contributed by atoms with Crippen molar-refractivity contribution in [1.82, 2.24) is 9.80 Å². The van der Waals surface area contributed by atoms with Crippen LogP contribution in [0.4, 0.5) is 0 Å². The Morgan fingerprint density at radius 3 is 2.50 bits per heavy atom. The fourth-order valence-electron chi connectivity index (χ4n) is 3.49. The molecule has 1 unspecified atom stereocenters. The molecule has 0 aromatic heterocycles. The zero-order valence-electron chi connectivity index (χ0n) is 14.8. The Bertz CT molecular complexity index is 545. The van der Waals surface area contributed by atoms with Gasteiger partial charge in [-0.05, 0) is 30.2 Å². The van der Waals surface area contributed by atoms with E-state index in [4.69, 9.17) is 5.73 Å². The van der Waals surface area contributed by atoms with E-state index < -0.39 is 0 Å². The zero-order valence-corrected chi connectivity index (χ0v) is 15.6. The van der Waals surface area contributed by atoms with Crippen LogP contribution in [0.25, 0.3) is 0 Å². The van der Waals surface area contributed by atoms with Crippen molar-refractivity contribution in [2.45, 2.75) is 51.7 Å². The lowest BCUT2D eigenvalue weighted by Crippen LogP contribution is -2.54. The van der Waals surface area contributed by atoms with Crippen molar-refractivity contribution in [3.8, 4) is 0 Å². The number of piperidine rings is 1. The number of carbonyl (C=O) groups excluding carboxylic acids is 1. The van der Waals surface area contributed by atoms with Crippen molar-refractivity contribution in [1.29, 1.82) is 0 Å². The molecule has 3 rings (SSSR count). The highest BCUT2D eigenvalue weighted by Crippen LogP contribution is 2.30. The lowest BCUT2D eigenvalue weighted by Gasteiger charge is -2.42. The minimum atomic E-state index is 0. The SMILES string of the molecule is CC1(C)CN(CC(=O)N(Cc2ccccc2)C2CC2)CCC1N.Cl. The molecule has 2 fully saturated rings. The van der Waals surface area contributed by atoms with Gasteiger partial charge in [-0.2, -0.15) is 0 Å². The average molecular weight is 352 g/mol. The van der Waals surface area contributed by atoms with Crippen molar-refractivity contribution >= 4 is 18.3 Å². The van der Waals surface area contributed by atoms with Gasteiger partial charge in [0.25, 0.3) is 0 Å². The summed E-state index contributed by atoms with van der Waals surface area (Å²) in [5.74, 6) is 0.266. The van der Waals surface area contributed by atoms with Crippen LogP contribution in [0.5, 0.6) is 0 Å². The summed E-state index contributed by atoms with van der Waals surface area (Å²) in [5, 5.41) is 0. The number of carbonyl (C=O) groups is 1. The maximum absolute atomic E-state index is 12.8. The quantitative estimate of drug-likeness (QED) is 0.887. The number of halogens is 1. The predicted octanol–water partition coefficient (Wildman–Crippen LogP) is 2.66. The van der Waals surface area contributed by atoms with E-state index in [0.29, 0.717) is 12.6 Å². The van der Waals surface area contributed by atoms with E-state index in [2.05, 4.69) is 35.8 Å². The highest BCUT2D eigenvalue weighted by molar-refractivity contribution is 5.85. The smallest absolute Gasteiger partial charge is 0.237 e. The average Bonchev–Trinajstić information content (AvgIpc) is 3.34. The maximum atomic E-state index is 12.8. The van der Waals surface area contributed by atoms with Crippen molar-refractivity contribution in [3.05, 3.63) is 35.9 Å². The highest BCUT2D eigenvalue weighted by atomic mass is 35.5. The third kappa shape index (κ3) is 4.71. The number of likely N-dealkylation sites (tertiary alicyclic amines) is 1. The molecule has 5 heteroatoms. The zero-order chi connectivity index (χ0) is 16.4. The van der Waals surface area contributed by atoms with Crippen LogP contribution in [0.15, 0.2) is 30.3 Å². The van der Waals surface area contributed by atoms with Crippen LogP contribution in [0, 0.1) is 5.41 Å². The van der Waals surface area contributed by atoms with E-state index in [1.165, 1.54) is 5.56 Å². The van der Waals surface area contributed by atoms with Crippen LogP contribution >= 0.6 is 12.4 Å². The molecular formula is C19H30ClN3O. The second kappa shape index (κ2) is 7.85. The molecule has 1 aromatic carbocycles. The molecule has 1 atom stereocenters. The Balaban J connectivity index is 0.00000208. The minimum Gasteiger partial charge on any atom is -0.334 e. The van der Waals surface area contributed by atoms with Crippen LogP contribution in [0.3, 0.4) is 0 Å². The van der Waals surface area contributed by atoms with Gasteiger partial charge < -0.3 is 10.6 Å². The first-order valence-corrected chi connectivity index (χ1v) is 8.77. The highest BCUT2D eigenvalue weighted by Gasteiger charge is 2.37. The van der Waals surface area contributed by atoms with Gasteiger partial charge in [0, 0.05) is 31.7 Å². The molecule has 134 valence electrons. The topological polar surface area (TPSA) is 49.6 Å². The molecule has 0 spiro atoms. The molecule has 1 saturated carbocycles. The standard InChI is InChI=1S/C19H29N3O.ClH/c1-19(2)14-21(11-10-17(19)20)13-18(23)22(16-8-9-16)12-15-6-4-3-5-7-15;/h3-7,16-17H,8-14,20H2,1-2H3;1H. The second-order valence-electron chi connectivity index (χ2n) is 7.83. The van der Waals surface area contributed by atoms with Gasteiger partial charge in [-0.25, -0.2) is 0 Å². The minimum absolute atomic E-state index is 0. The van der Waals surface area contributed by atoms with E-state index in [1.54, 1.807) is 0 Å². The third-order valence-electron chi connectivity index (χ3n) is 5.25. The van der Waals surface area contributed by atoms with E-state index in [1.807, 2.05) is 18.2 Å². The summed E-state index contributed by atoms with van der Waals surface area (Å²) in [5.41, 5.74) is 7.51. The van der Waals surface area contributed by atoms with E-state index >= 15 is 0 Å². The summed E-state index contributed by atoms with van der Waals surface area (Å²) in [6, 6.07) is 11.0. The summed E-state index contributed by atoms with van der Waals surface area (Å²) in [6.07, 6.45) is 3.27. The molecule has 4 nitrogen and oxygen atoms in total. The fourth-order valence-corrected chi connectivity index (χ4v) is 3.49. The Kier molecular flexibility index (Phi) is 6.29. The number of amides is 1. The summed E-state index contributed by atoms with van der Waals surface area (Å²) in [7, 11) is 0. The molecule has 2 N–H and O–H groups in total. The number of benzene rings is 1. The molecule has 0 bridgehead atoms. The second-order valence-corrected chi connectivity index (χ2v) is 7.83. The van der Waals surface area contributed by atoms with Crippen molar-refractivity contribution < 1.29 is 4.79 Å². The van der Waals surface area contributed by atoms with Crippen molar-refractivity contribution in [3.63, 3.8) is 0 Å². The molecule has 0 radical (unpaired) electrons. The van der Waals surface area contributed by atoms with Gasteiger partial charge in [0.15, 0.2) is 0 Å². The Labute approximate surface area is 151 Å². The first-order chi connectivity index (χ1) is 11.0. The molecule has 1 heterocycles. The van der Waals surface area contributed by atoms with Gasteiger partial charge in [-0.15, -0.1) is 12.4 Å². The van der Waals surface area contributed by atoms with Crippen LogP contribution in [0.1, 0.15) is 38.7 Å². The Morgan fingerprint density at radius 1 is 1.25 bits per heavy atom. The molecule has 1 saturated heterocycles. The predicted molar refractivity (Wildman–Crippen MR) is 100 cm³/mol. The molecule has 24 heavy (non-hydrogen) atoms. The Morgan fingerprint density at radius 2 is 1.92 bits per heavy atom. The van der Waals surface area contributed by atoms with Gasteiger partial charge >= 0.3 is 0 Å². The summed E-state index contributed by atoms with van der Waals surface area (Å²) >= 11 is 0. The van der Waals surface area contributed by atoms with Gasteiger partial charge in [-0.3, -0.25) is 9.69 Å². The molecule has 1 aromatic rings. The molecule has 2 aliphatic rings. The van der Waals surface area contributed by atoms with E-state index in [-0.39, 0.29) is 29.8 Å². The van der Waals surface area contributed by atoms with Gasteiger partial charge in [-0.1, -0.05) is 44.2 Å². The summed E-state index contributed by atoms with van der Waals surface area (Å²) in [6.45, 7) is 7.51. The Hall–Kier alpha value is -1.10. The first kappa shape index (κ1) is 19.2. The van der Waals surface area contributed by atoms with Gasteiger partial charge in [0.05, 0.1) is 6.54 Å². The molecular weight excluding hydrogens is 322 g/mol. The van der Waals surface area contributed by atoms with E-state index in [9.17, 15) is 4.79 Å². The number of nitrogens with zero attached hydrogens (tertiary/aromatic N) is 2. The van der Waals surface area contributed by atoms with Crippen LogP contribution < -0.4 is 5.73 Å². The largest absolute Gasteiger partial charge is 0.334 e. The normalized spacial score (nSPS) is 23.4. The number of rotatable bonds is 5. The summed E-state index contributed by atoms with van der Waals surface area (Å²) in [4.78, 5) is 17.2. The van der Waals surface area contributed by atoms with Crippen molar-refractivity contribution in [2.75, 3.05) is 19.6 Å². The monoisotopic (exact) mass is 351 g/mol. The molecule has 1 aliphatic heterocycles.